The lowest BCUT2D eigenvalue weighted by Crippen LogP contribution is -2.34. The number of rotatable bonds is 6. The summed E-state index contributed by atoms with van der Waals surface area (Å²) in [5, 5.41) is 5.72. The van der Waals surface area contributed by atoms with E-state index in [9.17, 15) is 4.79 Å². The molecule has 0 saturated carbocycles. The maximum atomic E-state index is 11.3. The summed E-state index contributed by atoms with van der Waals surface area (Å²) >= 11 is 1.42. The average molecular weight is 271 g/mol. The van der Waals surface area contributed by atoms with E-state index >= 15 is 0 Å². The molecule has 1 aromatic heterocycles. The molecule has 1 aromatic rings. The first kappa shape index (κ1) is 14.9. The third-order valence-corrected chi connectivity index (χ3v) is 3.16. The number of ether oxygens (including phenoxy) is 1. The van der Waals surface area contributed by atoms with E-state index in [4.69, 9.17) is 0 Å². The van der Waals surface area contributed by atoms with Gasteiger partial charge in [0.2, 0.25) is 0 Å². The Morgan fingerprint density at radius 2 is 2.22 bits per heavy atom. The van der Waals surface area contributed by atoms with Crippen LogP contribution in [0.25, 0.3) is 0 Å². The molecule has 0 unspecified atom stereocenters. The van der Waals surface area contributed by atoms with E-state index in [0.717, 1.165) is 18.2 Å². The van der Waals surface area contributed by atoms with Gasteiger partial charge in [0.15, 0.2) is 10.8 Å². The summed E-state index contributed by atoms with van der Waals surface area (Å²) in [5.41, 5.74) is 0.496. The number of carbonyl (C=O) groups excluding carboxylic acids is 1. The number of nitrogens with zero attached hydrogens (tertiary/aromatic N) is 2. The number of hydrogen-bond donors (Lipinski definition) is 1. The van der Waals surface area contributed by atoms with Crippen LogP contribution in [-0.4, -0.2) is 50.1 Å². The summed E-state index contributed by atoms with van der Waals surface area (Å²) in [6.07, 6.45) is 0. The lowest BCUT2D eigenvalue weighted by molar-refractivity contribution is 0.0595. The van der Waals surface area contributed by atoms with Crippen LogP contribution in [0.4, 0.5) is 5.13 Å². The highest BCUT2D eigenvalue weighted by Gasteiger charge is 2.19. The fourth-order valence-electron chi connectivity index (χ4n) is 1.78. The van der Waals surface area contributed by atoms with Crippen molar-refractivity contribution in [3.63, 3.8) is 0 Å². The maximum Gasteiger partial charge on any atom is 0.357 e. The first-order chi connectivity index (χ1) is 8.34. The van der Waals surface area contributed by atoms with Gasteiger partial charge in [0.25, 0.3) is 0 Å². The molecule has 102 valence electrons. The van der Waals surface area contributed by atoms with Crippen molar-refractivity contribution >= 4 is 22.4 Å². The number of hydrogen-bond acceptors (Lipinski definition) is 6. The lowest BCUT2D eigenvalue weighted by atomic mass is 9.93. The minimum Gasteiger partial charge on any atom is -0.464 e. The summed E-state index contributed by atoms with van der Waals surface area (Å²) in [5.74, 6) is -0.396. The second-order valence-electron chi connectivity index (χ2n) is 5.29. The van der Waals surface area contributed by atoms with E-state index in [1.54, 1.807) is 5.38 Å². The van der Waals surface area contributed by atoms with E-state index < -0.39 is 5.97 Å². The van der Waals surface area contributed by atoms with Crippen molar-refractivity contribution in [3.8, 4) is 0 Å². The van der Waals surface area contributed by atoms with Crippen LogP contribution in [0.3, 0.4) is 0 Å². The molecule has 1 heterocycles. The van der Waals surface area contributed by atoms with Crippen LogP contribution in [0, 0.1) is 5.41 Å². The SMILES string of the molecule is COC(=O)c1csc(NCC(C)(C)CN(C)C)n1. The molecule has 0 aliphatic carbocycles. The number of aromatic nitrogens is 1. The molecule has 0 atom stereocenters. The summed E-state index contributed by atoms with van der Waals surface area (Å²) in [6.45, 7) is 6.16. The van der Waals surface area contributed by atoms with Gasteiger partial charge < -0.3 is 15.0 Å². The zero-order chi connectivity index (χ0) is 13.8. The summed E-state index contributed by atoms with van der Waals surface area (Å²) in [7, 11) is 5.47. The highest BCUT2D eigenvalue weighted by molar-refractivity contribution is 7.13. The quantitative estimate of drug-likeness (QED) is 0.801. The van der Waals surface area contributed by atoms with Gasteiger partial charge >= 0.3 is 5.97 Å². The van der Waals surface area contributed by atoms with Gasteiger partial charge in [-0.2, -0.15) is 0 Å². The first-order valence-electron chi connectivity index (χ1n) is 5.76. The number of carbonyl (C=O) groups is 1. The Morgan fingerprint density at radius 1 is 1.56 bits per heavy atom. The zero-order valence-corrected chi connectivity index (χ0v) is 12.4. The monoisotopic (exact) mass is 271 g/mol. The zero-order valence-electron chi connectivity index (χ0n) is 11.6. The highest BCUT2D eigenvalue weighted by Crippen LogP contribution is 2.20. The molecule has 0 amide bonds. The van der Waals surface area contributed by atoms with Gasteiger partial charge in [-0.25, -0.2) is 9.78 Å². The average Bonchev–Trinajstić information content (AvgIpc) is 2.72. The Morgan fingerprint density at radius 3 is 2.78 bits per heavy atom. The molecule has 5 nitrogen and oxygen atoms in total. The number of anilines is 1. The van der Waals surface area contributed by atoms with E-state index in [1.807, 2.05) is 0 Å². The maximum absolute atomic E-state index is 11.3. The van der Waals surface area contributed by atoms with Crippen LogP contribution in [0.15, 0.2) is 5.38 Å². The summed E-state index contributed by atoms with van der Waals surface area (Å²) in [4.78, 5) is 17.6. The Kier molecular flexibility index (Phi) is 5.10. The third kappa shape index (κ3) is 4.62. The smallest absolute Gasteiger partial charge is 0.357 e. The highest BCUT2D eigenvalue weighted by atomic mass is 32.1. The molecule has 0 fully saturated rings. The van der Waals surface area contributed by atoms with E-state index in [2.05, 4.69) is 47.9 Å². The molecule has 1 N–H and O–H groups in total. The van der Waals surface area contributed by atoms with Crippen molar-refractivity contribution < 1.29 is 9.53 Å². The Bertz CT molecular complexity index is 402. The summed E-state index contributed by atoms with van der Waals surface area (Å²) < 4.78 is 4.62. The second-order valence-corrected chi connectivity index (χ2v) is 6.14. The van der Waals surface area contributed by atoms with Crippen molar-refractivity contribution in [1.82, 2.24) is 9.88 Å². The number of methoxy groups -OCH3 is 1. The van der Waals surface area contributed by atoms with Crippen LogP contribution >= 0.6 is 11.3 Å². The van der Waals surface area contributed by atoms with Gasteiger partial charge in [-0.1, -0.05) is 13.8 Å². The minimum atomic E-state index is -0.396. The molecule has 0 radical (unpaired) electrons. The van der Waals surface area contributed by atoms with Crippen LogP contribution in [-0.2, 0) is 4.74 Å². The van der Waals surface area contributed by atoms with Crippen molar-refractivity contribution in [2.45, 2.75) is 13.8 Å². The Labute approximate surface area is 112 Å². The standard InChI is InChI=1S/C12H21N3O2S/c1-12(2,8-15(3)4)7-13-11-14-9(6-18-11)10(16)17-5/h6H,7-8H2,1-5H3,(H,13,14). The second kappa shape index (κ2) is 6.15. The van der Waals surface area contributed by atoms with E-state index in [0.29, 0.717) is 5.69 Å². The predicted octanol–water partition coefficient (Wildman–Crippen LogP) is 1.93. The molecular weight excluding hydrogens is 250 g/mol. The van der Waals surface area contributed by atoms with Crippen LogP contribution in [0.2, 0.25) is 0 Å². The van der Waals surface area contributed by atoms with Crippen LogP contribution in [0.5, 0.6) is 0 Å². The molecule has 0 bridgehead atoms. The minimum absolute atomic E-state index is 0.139. The molecule has 0 spiro atoms. The molecule has 1 rings (SSSR count). The summed E-state index contributed by atoms with van der Waals surface area (Å²) in [6, 6.07) is 0. The van der Waals surface area contributed by atoms with E-state index in [-0.39, 0.29) is 5.41 Å². The van der Waals surface area contributed by atoms with Crippen molar-refractivity contribution in [3.05, 3.63) is 11.1 Å². The lowest BCUT2D eigenvalue weighted by Gasteiger charge is -2.28. The Balaban J connectivity index is 2.53. The van der Waals surface area contributed by atoms with Gasteiger partial charge in [0.05, 0.1) is 7.11 Å². The molecule has 0 saturated heterocycles. The van der Waals surface area contributed by atoms with Gasteiger partial charge in [0, 0.05) is 18.5 Å². The third-order valence-electron chi connectivity index (χ3n) is 2.36. The number of esters is 1. The van der Waals surface area contributed by atoms with Gasteiger partial charge in [0.1, 0.15) is 0 Å². The fourth-order valence-corrected chi connectivity index (χ4v) is 2.46. The molecular formula is C12H21N3O2S. The molecule has 0 aromatic carbocycles. The van der Waals surface area contributed by atoms with Gasteiger partial charge in [-0.15, -0.1) is 11.3 Å². The van der Waals surface area contributed by atoms with Gasteiger partial charge in [-0.05, 0) is 19.5 Å². The van der Waals surface area contributed by atoms with Crippen molar-refractivity contribution in [2.75, 3.05) is 39.6 Å². The fraction of sp³-hybridized carbons (Fsp3) is 0.667. The van der Waals surface area contributed by atoms with Crippen LogP contribution in [0.1, 0.15) is 24.3 Å². The normalized spacial score (nSPS) is 11.7. The first-order valence-corrected chi connectivity index (χ1v) is 6.64. The molecule has 18 heavy (non-hydrogen) atoms. The number of thiazole rings is 1. The molecule has 0 aliphatic rings. The van der Waals surface area contributed by atoms with Gasteiger partial charge in [-0.3, -0.25) is 0 Å². The van der Waals surface area contributed by atoms with Crippen molar-refractivity contribution in [2.24, 2.45) is 5.41 Å². The van der Waals surface area contributed by atoms with Crippen LogP contribution < -0.4 is 5.32 Å². The topological polar surface area (TPSA) is 54.5 Å². The van der Waals surface area contributed by atoms with E-state index in [1.165, 1.54) is 18.4 Å². The van der Waals surface area contributed by atoms with Crippen molar-refractivity contribution in [1.29, 1.82) is 0 Å². The Hall–Kier alpha value is -1.14. The molecule has 0 aliphatic heterocycles. The molecule has 6 heteroatoms. The predicted molar refractivity (Wildman–Crippen MR) is 74.3 cm³/mol. The largest absolute Gasteiger partial charge is 0.464 e. The number of nitrogens with one attached hydrogen (secondary N) is 1.